The first-order valence-corrected chi connectivity index (χ1v) is 8.37. The molecule has 2 atom stereocenters. The zero-order valence-corrected chi connectivity index (χ0v) is 13.5. The van der Waals surface area contributed by atoms with E-state index in [4.69, 9.17) is 4.98 Å². The number of para-hydroxylation sites is 1. The Bertz CT molecular complexity index is 840. The highest BCUT2D eigenvalue weighted by Crippen LogP contribution is 2.32. The van der Waals surface area contributed by atoms with Gasteiger partial charge in [-0.2, -0.15) is 0 Å². The molecule has 1 fully saturated rings. The molecule has 1 saturated heterocycles. The molecule has 23 heavy (non-hydrogen) atoms. The van der Waals surface area contributed by atoms with Crippen LogP contribution in [0.5, 0.6) is 0 Å². The minimum absolute atomic E-state index is 0.0111. The molecule has 0 N–H and O–H groups in total. The molecule has 0 saturated carbocycles. The van der Waals surface area contributed by atoms with Crippen molar-refractivity contribution in [3.8, 4) is 0 Å². The third kappa shape index (κ3) is 2.18. The van der Waals surface area contributed by atoms with Crippen molar-refractivity contribution in [2.45, 2.75) is 51.7 Å². The van der Waals surface area contributed by atoms with Crippen molar-refractivity contribution in [3.63, 3.8) is 0 Å². The van der Waals surface area contributed by atoms with Gasteiger partial charge in [0.2, 0.25) is 5.91 Å². The second-order valence-electron chi connectivity index (χ2n) is 6.95. The number of nitrogens with zero attached hydrogens (tertiary/aromatic N) is 3. The van der Waals surface area contributed by atoms with Crippen molar-refractivity contribution in [1.29, 1.82) is 0 Å². The number of carbonyl (C=O) groups is 1. The molecule has 1 aromatic heterocycles. The Kier molecular flexibility index (Phi) is 3.25. The lowest BCUT2D eigenvalue weighted by molar-refractivity contribution is -0.137. The SMILES string of the molecule is CC(C)C(=O)N1C2CCC1Cn1c(nc3ccccc3c1=O)C2. The maximum atomic E-state index is 12.8. The molecule has 120 valence electrons. The minimum atomic E-state index is -0.0111. The van der Waals surface area contributed by atoms with Gasteiger partial charge in [0.25, 0.3) is 5.56 Å². The molecule has 2 aliphatic rings. The summed E-state index contributed by atoms with van der Waals surface area (Å²) in [6.45, 7) is 4.46. The van der Waals surface area contributed by atoms with E-state index in [1.165, 1.54) is 0 Å². The van der Waals surface area contributed by atoms with Crippen LogP contribution in [0.4, 0.5) is 0 Å². The second kappa shape index (κ2) is 5.18. The van der Waals surface area contributed by atoms with Gasteiger partial charge in [-0.15, -0.1) is 0 Å². The van der Waals surface area contributed by atoms with Gasteiger partial charge < -0.3 is 4.90 Å². The molecule has 2 aliphatic heterocycles. The van der Waals surface area contributed by atoms with E-state index in [0.29, 0.717) is 18.4 Å². The van der Waals surface area contributed by atoms with E-state index in [9.17, 15) is 9.59 Å². The molecule has 2 bridgehead atoms. The number of fused-ring (bicyclic) bond motifs is 4. The lowest BCUT2D eigenvalue weighted by Crippen LogP contribution is -2.44. The molecule has 2 unspecified atom stereocenters. The minimum Gasteiger partial charge on any atom is -0.334 e. The highest BCUT2D eigenvalue weighted by molar-refractivity contribution is 5.79. The van der Waals surface area contributed by atoms with Crippen molar-refractivity contribution >= 4 is 16.8 Å². The first-order chi connectivity index (χ1) is 11.1. The van der Waals surface area contributed by atoms with E-state index in [-0.39, 0.29) is 29.5 Å². The molecule has 3 heterocycles. The van der Waals surface area contributed by atoms with Crippen LogP contribution < -0.4 is 5.56 Å². The number of hydrogen-bond donors (Lipinski definition) is 0. The Labute approximate surface area is 134 Å². The summed E-state index contributed by atoms with van der Waals surface area (Å²) < 4.78 is 1.80. The maximum Gasteiger partial charge on any atom is 0.261 e. The highest BCUT2D eigenvalue weighted by atomic mass is 16.2. The van der Waals surface area contributed by atoms with Gasteiger partial charge in [0.1, 0.15) is 5.82 Å². The monoisotopic (exact) mass is 311 g/mol. The van der Waals surface area contributed by atoms with Crippen LogP contribution in [0.1, 0.15) is 32.5 Å². The molecule has 0 radical (unpaired) electrons. The number of carbonyl (C=O) groups excluding carboxylic acids is 1. The summed E-state index contributed by atoms with van der Waals surface area (Å²) in [7, 11) is 0. The average molecular weight is 311 g/mol. The molecular weight excluding hydrogens is 290 g/mol. The summed E-state index contributed by atoms with van der Waals surface area (Å²) in [4.78, 5) is 32.2. The van der Waals surface area contributed by atoms with Gasteiger partial charge in [0, 0.05) is 24.9 Å². The second-order valence-corrected chi connectivity index (χ2v) is 6.95. The van der Waals surface area contributed by atoms with Gasteiger partial charge >= 0.3 is 0 Å². The Morgan fingerprint density at radius 2 is 1.96 bits per heavy atom. The van der Waals surface area contributed by atoms with Crippen molar-refractivity contribution in [2.75, 3.05) is 0 Å². The number of aromatic nitrogens is 2. The standard InChI is InChI=1S/C18H21N3O2/c1-11(2)17(22)21-12-7-8-13(21)10-20-16(9-12)19-15-6-4-3-5-14(15)18(20)23/h3-6,11-13H,7-10H2,1-2H3. The smallest absolute Gasteiger partial charge is 0.261 e. The van der Waals surface area contributed by atoms with E-state index in [0.717, 1.165) is 24.2 Å². The topological polar surface area (TPSA) is 55.2 Å². The van der Waals surface area contributed by atoms with Crippen LogP contribution in [0.25, 0.3) is 10.9 Å². The fourth-order valence-electron chi connectivity index (χ4n) is 3.98. The zero-order valence-electron chi connectivity index (χ0n) is 13.5. The summed E-state index contributed by atoms with van der Waals surface area (Å²) >= 11 is 0. The van der Waals surface area contributed by atoms with Crippen molar-refractivity contribution < 1.29 is 4.79 Å². The van der Waals surface area contributed by atoms with Crippen LogP contribution in [-0.4, -0.2) is 32.4 Å². The largest absolute Gasteiger partial charge is 0.334 e. The van der Waals surface area contributed by atoms with E-state index in [1.807, 2.05) is 43.0 Å². The van der Waals surface area contributed by atoms with Gasteiger partial charge in [-0.05, 0) is 25.0 Å². The summed E-state index contributed by atoms with van der Waals surface area (Å²) in [5, 5.41) is 0.663. The van der Waals surface area contributed by atoms with Gasteiger partial charge in [-0.25, -0.2) is 4.98 Å². The molecule has 4 rings (SSSR count). The van der Waals surface area contributed by atoms with Gasteiger partial charge in [-0.1, -0.05) is 26.0 Å². The summed E-state index contributed by atoms with van der Waals surface area (Å²) in [5.41, 5.74) is 0.776. The van der Waals surface area contributed by atoms with Crippen molar-refractivity contribution in [3.05, 3.63) is 40.4 Å². The summed E-state index contributed by atoms with van der Waals surface area (Å²) in [6.07, 6.45) is 2.66. The average Bonchev–Trinajstić information content (AvgIpc) is 2.83. The molecule has 5 heteroatoms. The quantitative estimate of drug-likeness (QED) is 0.809. The molecular formula is C18H21N3O2. The van der Waals surface area contributed by atoms with Crippen LogP contribution in [0.3, 0.4) is 0 Å². The van der Waals surface area contributed by atoms with Crippen LogP contribution in [-0.2, 0) is 17.8 Å². The molecule has 1 aromatic carbocycles. The van der Waals surface area contributed by atoms with Crippen LogP contribution >= 0.6 is 0 Å². The van der Waals surface area contributed by atoms with Crippen molar-refractivity contribution in [1.82, 2.24) is 14.5 Å². The lowest BCUT2D eigenvalue weighted by atomic mass is 10.1. The molecule has 5 nitrogen and oxygen atoms in total. The van der Waals surface area contributed by atoms with Crippen LogP contribution in [0.2, 0.25) is 0 Å². The molecule has 1 amide bonds. The van der Waals surface area contributed by atoms with E-state index in [2.05, 4.69) is 0 Å². The fraction of sp³-hybridized carbons (Fsp3) is 0.500. The Morgan fingerprint density at radius 1 is 1.22 bits per heavy atom. The lowest BCUT2D eigenvalue weighted by Gasteiger charge is -2.29. The first-order valence-electron chi connectivity index (χ1n) is 8.37. The highest BCUT2D eigenvalue weighted by Gasteiger charge is 2.41. The number of benzene rings is 1. The molecule has 0 aliphatic carbocycles. The third-order valence-electron chi connectivity index (χ3n) is 5.12. The molecule has 0 spiro atoms. The number of amides is 1. The summed E-state index contributed by atoms with van der Waals surface area (Å²) in [5.74, 6) is 1.01. The normalized spacial score (nSPS) is 23.2. The van der Waals surface area contributed by atoms with Gasteiger partial charge in [-0.3, -0.25) is 14.2 Å². The number of hydrogen-bond acceptors (Lipinski definition) is 3. The predicted octanol–water partition coefficient (Wildman–Crippen LogP) is 1.97. The predicted molar refractivity (Wildman–Crippen MR) is 88.2 cm³/mol. The Hall–Kier alpha value is -2.17. The van der Waals surface area contributed by atoms with Gasteiger partial charge in [0.05, 0.1) is 16.9 Å². The molecule has 2 aromatic rings. The zero-order chi connectivity index (χ0) is 16.1. The Balaban J connectivity index is 1.83. The first kappa shape index (κ1) is 14.4. The van der Waals surface area contributed by atoms with E-state index in [1.54, 1.807) is 4.57 Å². The number of rotatable bonds is 1. The van der Waals surface area contributed by atoms with Crippen molar-refractivity contribution in [2.24, 2.45) is 5.92 Å². The maximum absolute atomic E-state index is 12.8. The van der Waals surface area contributed by atoms with Crippen LogP contribution in [0, 0.1) is 5.92 Å². The summed E-state index contributed by atoms with van der Waals surface area (Å²) in [6, 6.07) is 7.79. The fourth-order valence-corrected chi connectivity index (χ4v) is 3.98. The third-order valence-corrected chi connectivity index (χ3v) is 5.12. The van der Waals surface area contributed by atoms with Gasteiger partial charge in [0.15, 0.2) is 0 Å². The van der Waals surface area contributed by atoms with Crippen LogP contribution in [0.15, 0.2) is 29.1 Å². The van der Waals surface area contributed by atoms with E-state index >= 15 is 0 Å². The Morgan fingerprint density at radius 3 is 2.74 bits per heavy atom. The van der Waals surface area contributed by atoms with E-state index < -0.39 is 0 Å².